The molecule has 0 N–H and O–H groups in total. The number of rotatable bonds is 1. The van der Waals surface area contributed by atoms with Gasteiger partial charge < -0.3 is 9.97 Å². The quantitative estimate of drug-likeness (QED) is 0.113. The van der Waals surface area contributed by atoms with Gasteiger partial charge in [-0.05, 0) is 41.0 Å². The van der Waals surface area contributed by atoms with Crippen LogP contribution in [0.1, 0.15) is 11.1 Å². The van der Waals surface area contributed by atoms with Crippen molar-refractivity contribution in [2.24, 2.45) is 0 Å². The van der Waals surface area contributed by atoms with Gasteiger partial charge >= 0.3 is 0 Å². The normalized spacial score (nSPS) is 13.0. The molecular formula is C32H26IrN2Si-2. The molecule has 0 saturated heterocycles. The van der Waals surface area contributed by atoms with E-state index in [1.54, 1.807) is 5.19 Å². The Morgan fingerprint density at radius 3 is 2.25 bits per heavy atom. The molecule has 2 nitrogen and oxygen atoms in total. The molecule has 7 rings (SSSR count). The molecule has 1 aliphatic heterocycles. The Kier molecular flexibility index (Phi) is 6.38. The average Bonchev–Trinajstić information content (AvgIpc) is 3.12. The minimum Gasteiger partial charge on any atom is -0.305 e. The van der Waals surface area contributed by atoms with Crippen LogP contribution >= 0.6 is 0 Å². The van der Waals surface area contributed by atoms with Crippen molar-refractivity contribution in [3.8, 4) is 11.3 Å². The third-order valence-electron chi connectivity index (χ3n) is 7.14. The summed E-state index contributed by atoms with van der Waals surface area (Å²) < 4.78 is 0. The van der Waals surface area contributed by atoms with Crippen molar-refractivity contribution < 1.29 is 20.1 Å². The van der Waals surface area contributed by atoms with Crippen LogP contribution in [-0.4, -0.2) is 18.0 Å². The van der Waals surface area contributed by atoms with Gasteiger partial charge in [-0.15, -0.1) is 64.2 Å². The summed E-state index contributed by atoms with van der Waals surface area (Å²) in [5.41, 5.74) is 5.61. The molecule has 0 unspecified atom stereocenters. The van der Waals surface area contributed by atoms with Crippen LogP contribution in [0.3, 0.4) is 0 Å². The second-order valence-corrected chi connectivity index (χ2v) is 14.2. The van der Waals surface area contributed by atoms with Gasteiger partial charge in [-0.25, -0.2) is 0 Å². The van der Waals surface area contributed by atoms with Crippen molar-refractivity contribution in [2.75, 3.05) is 0 Å². The molecule has 4 heteroatoms. The van der Waals surface area contributed by atoms with E-state index in [4.69, 9.17) is 0 Å². The number of pyridine rings is 2. The smallest absolute Gasteiger partial charge is 0.0932 e. The summed E-state index contributed by atoms with van der Waals surface area (Å²) >= 11 is 0. The van der Waals surface area contributed by atoms with Crippen LogP contribution in [0.25, 0.3) is 43.7 Å². The number of aromatic nitrogens is 2. The fourth-order valence-corrected chi connectivity index (χ4v) is 8.47. The molecule has 1 aliphatic rings. The summed E-state index contributed by atoms with van der Waals surface area (Å²) in [6, 6.07) is 32.2. The van der Waals surface area contributed by atoms with Crippen LogP contribution in [0.4, 0.5) is 0 Å². The van der Waals surface area contributed by atoms with Crippen LogP contribution in [0, 0.1) is 26.0 Å². The van der Waals surface area contributed by atoms with Crippen molar-refractivity contribution in [2.45, 2.75) is 26.9 Å². The van der Waals surface area contributed by atoms with Gasteiger partial charge in [0, 0.05) is 32.5 Å². The van der Waals surface area contributed by atoms with Crippen LogP contribution in [0.2, 0.25) is 13.1 Å². The monoisotopic (exact) mass is 659 g/mol. The Balaban J connectivity index is 0.000000157. The minimum absolute atomic E-state index is 0. The Morgan fingerprint density at radius 2 is 1.44 bits per heavy atom. The standard InChI is InChI=1S/C19H14NSi.C13H12N.Ir/c1-21(2)15-9-3-6-12-13-8-5-11-20-19(13)14-7-4-10-16(21)18(14)17(12)15;1-10-4-3-5-12(8-10)13-9-11(2)6-7-14-13;/h3-6,8-11H,1-2H3;3-4,6-9H,1-2H3;/q2*-1;. The van der Waals surface area contributed by atoms with Crippen molar-refractivity contribution in [1.82, 2.24) is 9.97 Å². The summed E-state index contributed by atoms with van der Waals surface area (Å²) in [5.74, 6) is 0. The number of hydrogen-bond acceptors (Lipinski definition) is 2. The first kappa shape index (κ1) is 24.5. The third-order valence-corrected chi connectivity index (χ3v) is 10.7. The molecule has 1 radical (unpaired) electrons. The third kappa shape index (κ3) is 3.90. The zero-order chi connectivity index (χ0) is 24.2. The molecule has 0 spiro atoms. The second kappa shape index (κ2) is 9.37. The molecule has 179 valence electrons. The Labute approximate surface area is 226 Å². The van der Waals surface area contributed by atoms with Gasteiger partial charge in [0.25, 0.3) is 0 Å². The van der Waals surface area contributed by atoms with Gasteiger partial charge in [-0.3, -0.25) is 0 Å². The van der Waals surface area contributed by atoms with E-state index in [9.17, 15) is 0 Å². The Morgan fingerprint density at radius 1 is 0.694 bits per heavy atom. The first-order valence-electron chi connectivity index (χ1n) is 12.0. The zero-order valence-corrected chi connectivity index (χ0v) is 24.2. The fraction of sp³-hybridized carbons (Fsp3) is 0.125. The van der Waals surface area contributed by atoms with E-state index >= 15 is 0 Å². The predicted octanol–water partition coefficient (Wildman–Crippen LogP) is 6.64. The molecule has 4 aromatic carbocycles. The van der Waals surface area contributed by atoms with E-state index in [2.05, 4.69) is 97.6 Å². The molecule has 6 aromatic rings. The van der Waals surface area contributed by atoms with E-state index in [0.29, 0.717) is 0 Å². The summed E-state index contributed by atoms with van der Waals surface area (Å²) in [4.78, 5) is 8.98. The van der Waals surface area contributed by atoms with Crippen molar-refractivity contribution in [3.63, 3.8) is 0 Å². The van der Waals surface area contributed by atoms with E-state index in [-0.39, 0.29) is 20.1 Å². The maximum absolute atomic E-state index is 4.66. The van der Waals surface area contributed by atoms with E-state index in [1.807, 2.05) is 36.7 Å². The summed E-state index contributed by atoms with van der Waals surface area (Å²) in [6.07, 6.45) is 3.72. The molecule has 0 aliphatic carbocycles. The number of aryl methyl sites for hydroxylation is 2. The van der Waals surface area contributed by atoms with E-state index in [0.717, 1.165) is 16.8 Å². The largest absolute Gasteiger partial charge is 0.305 e. The van der Waals surface area contributed by atoms with Gasteiger partial charge in [0.1, 0.15) is 0 Å². The van der Waals surface area contributed by atoms with Crippen LogP contribution < -0.4 is 10.4 Å². The number of benzene rings is 4. The SMILES string of the molecule is C[Si]1(C)c2cc[c-]c3c4ncccc4c4cccc1c4c23.Cc1cc[c-]c(-c2cc(C)ccn2)c1.[Ir]. The van der Waals surface area contributed by atoms with Crippen LogP contribution in [-0.2, 0) is 20.1 Å². The second-order valence-electron chi connectivity index (χ2n) is 9.89. The molecule has 0 bridgehead atoms. The molecule has 0 saturated carbocycles. The van der Waals surface area contributed by atoms with Crippen LogP contribution in [0.15, 0.2) is 85.2 Å². The molecular weight excluding hydrogens is 633 g/mol. The summed E-state index contributed by atoms with van der Waals surface area (Å²) in [7, 11) is -1.59. The van der Waals surface area contributed by atoms with Crippen molar-refractivity contribution in [3.05, 3.63) is 108 Å². The molecule has 0 amide bonds. The number of hydrogen-bond donors (Lipinski definition) is 0. The van der Waals surface area contributed by atoms with Gasteiger partial charge in [0.15, 0.2) is 0 Å². The first-order valence-corrected chi connectivity index (χ1v) is 15.0. The van der Waals surface area contributed by atoms with E-state index in [1.165, 1.54) is 43.2 Å². The molecule has 2 aromatic heterocycles. The minimum atomic E-state index is -1.59. The Bertz CT molecular complexity index is 1630. The average molecular weight is 659 g/mol. The maximum atomic E-state index is 4.66. The van der Waals surface area contributed by atoms with Gasteiger partial charge in [-0.2, -0.15) is 0 Å². The zero-order valence-electron chi connectivity index (χ0n) is 20.8. The summed E-state index contributed by atoms with van der Waals surface area (Å²) in [5, 5.41) is 9.76. The molecule has 0 fully saturated rings. The first-order chi connectivity index (χ1) is 16.9. The topological polar surface area (TPSA) is 25.8 Å². The van der Waals surface area contributed by atoms with E-state index < -0.39 is 8.07 Å². The maximum Gasteiger partial charge on any atom is 0.0932 e. The molecule has 36 heavy (non-hydrogen) atoms. The number of fused-ring (bicyclic) bond motifs is 3. The van der Waals surface area contributed by atoms with Gasteiger partial charge in [0.2, 0.25) is 0 Å². The van der Waals surface area contributed by atoms with Gasteiger partial charge in [0.05, 0.1) is 8.07 Å². The molecule has 3 heterocycles. The molecule has 0 atom stereocenters. The van der Waals surface area contributed by atoms with Crippen molar-refractivity contribution >= 4 is 50.9 Å². The predicted molar refractivity (Wildman–Crippen MR) is 150 cm³/mol. The number of nitrogens with zero attached hydrogens (tertiary/aromatic N) is 2. The van der Waals surface area contributed by atoms with Crippen LogP contribution in [0.5, 0.6) is 0 Å². The van der Waals surface area contributed by atoms with Gasteiger partial charge in [-0.1, -0.05) is 71.9 Å². The Hall–Kier alpha value is -3.17. The fourth-order valence-electron chi connectivity index (χ4n) is 5.41. The summed E-state index contributed by atoms with van der Waals surface area (Å²) in [6.45, 7) is 9.05. The van der Waals surface area contributed by atoms with Crippen molar-refractivity contribution in [1.29, 1.82) is 0 Å².